The van der Waals surface area contributed by atoms with Gasteiger partial charge in [0.25, 0.3) is 0 Å². The maximum Gasteiger partial charge on any atom is 0.508 e. The third-order valence-electron chi connectivity index (χ3n) is 1.38. The van der Waals surface area contributed by atoms with Crippen molar-refractivity contribution >= 4 is 12.1 Å². The fourth-order valence-corrected chi connectivity index (χ4v) is 0.729. The van der Waals surface area contributed by atoms with Crippen LogP contribution in [0.2, 0.25) is 0 Å². The van der Waals surface area contributed by atoms with E-state index in [0.717, 1.165) is 0 Å². The maximum absolute atomic E-state index is 11.1. The zero-order chi connectivity index (χ0) is 12.8. The molecule has 0 saturated carbocycles. The molecular weight excluding hydrogens is 210 g/mol. The SMILES string of the molecule is C=C(C)C(=O)NCCOC(=O)OC(C)(C)C. The van der Waals surface area contributed by atoms with Gasteiger partial charge in [0, 0.05) is 5.57 Å². The lowest BCUT2D eigenvalue weighted by molar-refractivity contribution is -0.117. The molecule has 0 unspecified atom stereocenters. The molecule has 0 radical (unpaired) electrons. The minimum atomic E-state index is -0.739. The molecule has 0 fully saturated rings. The first-order chi connectivity index (χ1) is 7.22. The van der Waals surface area contributed by atoms with E-state index in [4.69, 9.17) is 9.47 Å². The van der Waals surface area contributed by atoms with Crippen molar-refractivity contribution in [3.8, 4) is 0 Å². The molecule has 16 heavy (non-hydrogen) atoms. The van der Waals surface area contributed by atoms with E-state index < -0.39 is 11.8 Å². The van der Waals surface area contributed by atoms with Crippen LogP contribution in [0.25, 0.3) is 0 Å². The number of nitrogens with one attached hydrogen (secondary N) is 1. The van der Waals surface area contributed by atoms with E-state index in [2.05, 4.69) is 11.9 Å². The largest absolute Gasteiger partial charge is 0.508 e. The Bertz CT molecular complexity index is 278. The van der Waals surface area contributed by atoms with Gasteiger partial charge in [-0.1, -0.05) is 6.58 Å². The second-order valence-corrected chi connectivity index (χ2v) is 4.35. The van der Waals surface area contributed by atoms with Crippen molar-refractivity contribution in [1.82, 2.24) is 5.32 Å². The first-order valence-corrected chi connectivity index (χ1v) is 5.02. The minimum absolute atomic E-state index is 0.0773. The molecule has 0 aliphatic heterocycles. The second kappa shape index (κ2) is 6.15. The summed E-state index contributed by atoms with van der Waals surface area (Å²) in [5.74, 6) is -0.257. The molecule has 0 aromatic rings. The fraction of sp³-hybridized carbons (Fsp3) is 0.636. The van der Waals surface area contributed by atoms with Crippen LogP contribution in [0.15, 0.2) is 12.2 Å². The van der Waals surface area contributed by atoms with E-state index in [0.29, 0.717) is 5.57 Å². The zero-order valence-corrected chi connectivity index (χ0v) is 10.3. The molecule has 0 heterocycles. The topological polar surface area (TPSA) is 64.6 Å². The van der Waals surface area contributed by atoms with Crippen LogP contribution in [0.5, 0.6) is 0 Å². The summed E-state index contributed by atoms with van der Waals surface area (Å²) in [6, 6.07) is 0. The van der Waals surface area contributed by atoms with E-state index in [1.54, 1.807) is 27.7 Å². The minimum Gasteiger partial charge on any atom is -0.432 e. The highest BCUT2D eigenvalue weighted by atomic mass is 16.7. The van der Waals surface area contributed by atoms with E-state index in [9.17, 15) is 9.59 Å². The van der Waals surface area contributed by atoms with Gasteiger partial charge in [-0.2, -0.15) is 0 Å². The lowest BCUT2D eigenvalue weighted by atomic mass is 10.2. The molecule has 0 spiro atoms. The molecule has 0 aliphatic carbocycles. The Morgan fingerprint density at radius 1 is 1.31 bits per heavy atom. The average molecular weight is 229 g/mol. The number of amides is 1. The van der Waals surface area contributed by atoms with Crippen molar-refractivity contribution in [1.29, 1.82) is 0 Å². The molecule has 0 aromatic carbocycles. The molecule has 5 nitrogen and oxygen atoms in total. The highest BCUT2D eigenvalue weighted by molar-refractivity contribution is 5.92. The van der Waals surface area contributed by atoms with Gasteiger partial charge in [-0.05, 0) is 27.7 Å². The van der Waals surface area contributed by atoms with Crippen molar-refractivity contribution in [3.05, 3.63) is 12.2 Å². The summed E-state index contributed by atoms with van der Waals surface area (Å²) in [5, 5.41) is 2.53. The summed E-state index contributed by atoms with van der Waals surface area (Å²) >= 11 is 0. The average Bonchev–Trinajstić information content (AvgIpc) is 2.08. The summed E-state index contributed by atoms with van der Waals surface area (Å²) in [4.78, 5) is 22.1. The Kier molecular flexibility index (Phi) is 5.56. The number of rotatable bonds is 4. The van der Waals surface area contributed by atoms with Crippen LogP contribution in [-0.2, 0) is 14.3 Å². The number of hydrogen-bond acceptors (Lipinski definition) is 4. The van der Waals surface area contributed by atoms with E-state index in [1.165, 1.54) is 0 Å². The van der Waals surface area contributed by atoms with Gasteiger partial charge in [0.1, 0.15) is 12.2 Å². The number of carbonyl (C=O) groups is 2. The standard InChI is InChI=1S/C11H19NO4/c1-8(2)9(13)12-6-7-15-10(14)16-11(3,4)5/h1,6-7H2,2-5H3,(H,12,13). The molecule has 92 valence electrons. The van der Waals surface area contributed by atoms with Gasteiger partial charge in [0.2, 0.25) is 5.91 Å². The van der Waals surface area contributed by atoms with Crippen molar-refractivity contribution < 1.29 is 19.1 Å². The Morgan fingerprint density at radius 2 is 1.88 bits per heavy atom. The predicted molar refractivity (Wildman–Crippen MR) is 60.0 cm³/mol. The highest BCUT2D eigenvalue weighted by Gasteiger charge is 2.17. The Labute approximate surface area is 95.8 Å². The first kappa shape index (κ1) is 14.5. The predicted octanol–water partition coefficient (Wildman–Crippen LogP) is 1.63. The molecule has 0 bridgehead atoms. The zero-order valence-electron chi connectivity index (χ0n) is 10.3. The molecule has 0 saturated heterocycles. The third kappa shape index (κ3) is 7.84. The second-order valence-electron chi connectivity index (χ2n) is 4.35. The number of carbonyl (C=O) groups excluding carboxylic acids is 2. The summed E-state index contributed by atoms with van der Waals surface area (Å²) in [6.45, 7) is 10.6. The fourth-order valence-electron chi connectivity index (χ4n) is 0.729. The molecule has 1 amide bonds. The smallest absolute Gasteiger partial charge is 0.432 e. The van der Waals surface area contributed by atoms with Gasteiger partial charge in [-0.3, -0.25) is 4.79 Å². The Balaban J connectivity index is 3.64. The molecule has 0 atom stereocenters. The summed E-state index contributed by atoms with van der Waals surface area (Å²) in [6.07, 6.45) is -0.739. The van der Waals surface area contributed by atoms with E-state index in [1.807, 2.05) is 0 Å². The van der Waals surface area contributed by atoms with Crippen LogP contribution in [0.1, 0.15) is 27.7 Å². The van der Waals surface area contributed by atoms with Gasteiger partial charge >= 0.3 is 6.16 Å². The van der Waals surface area contributed by atoms with E-state index in [-0.39, 0.29) is 19.1 Å². The monoisotopic (exact) mass is 229 g/mol. The molecule has 5 heteroatoms. The lowest BCUT2D eigenvalue weighted by Gasteiger charge is -2.18. The van der Waals surface area contributed by atoms with Crippen molar-refractivity contribution in [2.45, 2.75) is 33.3 Å². The van der Waals surface area contributed by atoms with Crippen LogP contribution >= 0.6 is 0 Å². The van der Waals surface area contributed by atoms with Crippen LogP contribution in [-0.4, -0.2) is 30.8 Å². The summed E-state index contributed by atoms with van der Waals surface area (Å²) in [5.41, 5.74) is -0.157. The Morgan fingerprint density at radius 3 is 2.31 bits per heavy atom. The van der Waals surface area contributed by atoms with Crippen LogP contribution in [0, 0.1) is 0 Å². The molecule has 0 aromatic heterocycles. The highest BCUT2D eigenvalue weighted by Crippen LogP contribution is 2.07. The normalized spacial score (nSPS) is 10.5. The molecule has 0 aliphatic rings. The van der Waals surface area contributed by atoms with Crippen molar-refractivity contribution in [2.24, 2.45) is 0 Å². The summed E-state index contributed by atoms with van der Waals surface area (Å²) < 4.78 is 9.64. The van der Waals surface area contributed by atoms with Crippen LogP contribution in [0.4, 0.5) is 4.79 Å². The quantitative estimate of drug-likeness (QED) is 0.452. The van der Waals surface area contributed by atoms with Gasteiger partial charge in [0.05, 0.1) is 6.54 Å². The molecule has 0 rings (SSSR count). The molecule has 1 N–H and O–H groups in total. The van der Waals surface area contributed by atoms with Crippen molar-refractivity contribution in [2.75, 3.05) is 13.2 Å². The van der Waals surface area contributed by atoms with Crippen molar-refractivity contribution in [3.63, 3.8) is 0 Å². The van der Waals surface area contributed by atoms with Gasteiger partial charge < -0.3 is 14.8 Å². The lowest BCUT2D eigenvalue weighted by Crippen LogP contribution is -2.30. The van der Waals surface area contributed by atoms with Gasteiger partial charge in [0.15, 0.2) is 0 Å². The Hall–Kier alpha value is -1.52. The van der Waals surface area contributed by atoms with Crippen LogP contribution in [0.3, 0.4) is 0 Å². The molecular formula is C11H19NO4. The third-order valence-corrected chi connectivity index (χ3v) is 1.38. The van der Waals surface area contributed by atoms with Gasteiger partial charge in [-0.25, -0.2) is 4.79 Å². The first-order valence-electron chi connectivity index (χ1n) is 5.02. The maximum atomic E-state index is 11.1. The summed E-state index contributed by atoms with van der Waals surface area (Å²) in [7, 11) is 0. The number of hydrogen-bond donors (Lipinski definition) is 1. The van der Waals surface area contributed by atoms with Crippen LogP contribution < -0.4 is 5.32 Å². The number of ether oxygens (including phenoxy) is 2. The van der Waals surface area contributed by atoms with Gasteiger partial charge in [-0.15, -0.1) is 0 Å². The van der Waals surface area contributed by atoms with E-state index >= 15 is 0 Å².